The molecule has 1 unspecified atom stereocenters. The number of morpholine rings is 1. The Balaban J connectivity index is 1.65. The maximum atomic E-state index is 12.4. The molecule has 0 aromatic heterocycles. The molecule has 0 bridgehead atoms. The lowest BCUT2D eigenvalue weighted by Crippen LogP contribution is -2.47. The minimum Gasteiger partial charge on any atom is -0.375 e. The van der Waals surface area contributed by atoms with E-state index >= 15 is 0 Å². The lowest BCUT2D eigenvalue weighted by atomic mass is 10.1. The maximum Gasteiger partial charge on any atom is 0.224 e. The lowest BCUT2D eigenvalue weighted by molar-refractivity contribution is -0.135. The predicted molar refractivity (Wildman–Crippen MR) is 105 cm³/mol. The SMILES string of the molecule is Cc1ccc(SCCCN(C)C(=O)CC2CN(C(C)C)CCO2)cc1. The molecule has 0 aliphatic carbocycles. The third-order valence-electron chi connectivity index (χ3n) is 4.66. The van der Waals surface area contributed by atoms with Gasteiger partial charge in [0, 0.05) is 37.6 Å². The molecule has 1 aliphatic heterocycles. The monoisotopic (exact) mass is 364 g/mol. The smallest absolute Gasteiger partial charge is 0.224 e. The highest BCUT2D eigenvalue weighted by Crippen LogP contribution is 2.19. The average Bonchev–Trinajstić information content (AvgIpc) is 2.60. The second kappa shape index (κ2) is 10.2. The topological polar surface area (TPSA) is 32.8 Å². The minimum absolute atomic E-state index is 0.0352. The van der Waals surface area contributed by atoms with Crippen LogP contribution in [0, 0.1) is 6.92 Å². The van der Waals surface area contributed by atoms with Gasteiger partial charge in [-0.3, -0.25) is 9.69 Å². The van der Waals surface area contributed by atoms with Gasteiger partial charge in [-0.2, -0.15) is 0 Å². The number of amides is 1. The summed E-state index contributed by atoms with van der Waals surface area (Å²) >= 11 is 1.85. The summed E-state index contributed by atoms with van der Waals surface area (Å²) in [5, 5.41) is 0. The van der Waals surface area contributed by atoms with Crippen LogP contribution in [0.2, 0.25) is 0 Å². The van der Waals surface area contributed by atoms with E-state index in [-0.39, 0.29) is 12.0 Å². The average molecular weight is 365 g/mol. The summed E-state index contributed by atoms with van der Waals surface area (Å²) < 4.78 is 5.78. The van der Waals surface area contributed by atoms with Gasteiger partial charge in [0.1, 0.15) is 0 Å². The molecule has 0 radical (unpaired) electrons. The Kier molecular flexibility index (Phi) is 8.27. The molecule has 5 heteroatoms. The largest absolute Gasteiger partial charge is 0.375 e. The van der Waals surface area contributed by atoms with Crippen LogP contribution in [0.4, 0.5) is 0 Å². The molecule has 1 amide bonds. The Morgan fingerprint density at radius 1 is 1.36 bits per heavy atom. The first-order valence-electron chi connectivity index (χ1n) is 9.25. The zero-order valence-electron chi connectivity index (χ0n) is 16.0. The fourth-order valence-corrected chi connectivity index (χ4v) is 3.77. The van der Waals surface area contributed by atoms with E-state index in [0.717, 1.165) is 38.4 Å². The third-order valence-corrected chi connectivity index (χ3v) is 5.75. The number of hydrogen-bond donors (Lipinski definition) is 0. The van der Waals surface area contributed by atoms with Gasteiger partial charge in [-0.15, -0.1) is 11.8 Å². The van der Waals surface area contributed by atoms with Crippen LogP contribution in [0.3, 0.4) is 0 Å². The number of aryl methyl sites for hydroxylation is 1. The fraction of sp³-hybridized carbons (Fsp3) is 0.650. The molecule has 4 nitrogen and oxygen atoms in total. The molecule has 0 N–H and O–H groups in total. The number of ether oxygens (including phenoxy) is 1. The molecule has 0 spiro atoms. The first-order chi connectivity index (χ1) is 12.0. The summed E-state index contributed by atoms with van der Waals surface area (Å²) in [6, 6.07) is 9.12. The number of benzene rings is 1. The summed E-state index contributed by atoms with van der Waals surface area (Å²) in [4.78, 5) is 17.9. The molecule has 1 aliphatic rings. The van der Waals surface area contributed by atoms with Crippen LogP contribution < -0.4 is 0 Å². The van der Waals surface area contributed by atoms with Crippen molar-refractivity contribution in [3.8, 4) is 0 Å². The molecule has 1 aromatic rings. The maximum absolute atomic E-state index is 12.4. The Hall–Kier alpha value is -1.04. The van der Waals surface area contributed by atoms with Crippen LogP contribution in [0.15, 0.2) is 29.2 Å². The van der Waals surface area contributed by atoms with Gasteiger partial charge in [-0.05, 0) is 45.1 Å². The number of nitrogens with zero attached hydrogens (tertiary/aromatic N) is 2. The minimum atomic E-state index is 0.0352. The van der Waals surface area contributed by atoms with Gasteiger partial charge in [-0.25, -0.2) is 0 Å². The summed E-state index contributed by atoms with van der Waals surface area (Å²) in [5.41, 5.74) is 1.29. The normalized spacial score (nSPS) is 18.5. The third kappa shape index (κ3) is 7.00. The van der Waals surface area contributed by atoms with Crippen molar-refractivity contribution >= 4 is 17.7 Å². The summed E-state index contributed by atoms with van der Waals surface area (Å²) in [7, 11) is 1.90. The van der Waals surface area contributed by atoms with Crippen LogP contribution in [0.1, 0.15) is 32.3 Å². The van der Waals surface area contributed by atoms with Crippen LogP contribution in [0.25, 0.3) is 0 Å². The van der Waals surface area contributed by atoms with E-state index in [9.17, 15) is 4.79 Å². The quantitative estimate of drug-likeness (QED) is 0.523. The second-order valence-corrected chi connectivity index (χ2v) is 8.28. The molecular formula is C20H32N2O2S. The zero-order valence-corrected chi connectivity index (χ0v) is 16.8. The van der Waals surface area contributed by atoms with Crippen molar-refractivity contribution in [1.29, 1.82) is 0 Å². The molecule has 1 fully saturated rings. The summed E-state index contributed by atoms with van der Waals surface area (Å²) in [5.74, 6) is 1.22. The van der Waals surface area contributed by atoms with Crippen molar-refractivity contribution in [3.05, 3.63) is 29.8 Å². The lowest BCUT2D eigenvalue weighted by Gasteiger charge is -2.35. The second-order valence-electron chi connectivity index (χ2n) is 7.12. The van der Waals surface area contributed by atoms with Crippen molar-refractivity contribution in [2.45, 2.75) is 50.7 Å². The van der Waals surface area contributed by atoms with Gasteiger partial charge in [0.05, 0.1) is 19.1 Å². The molecule has 25 heavy (non-hydrogen) atoms. The van der Waals surface area contributed by atoms with E-state index in [1.807, 2.05) is 23.7 Å². The van der Waals surface area contributed by atoms with E-state index in [0.29, 0.717) is 12.5 Å². The van der Waals surface area contributed by atoms with Gasteiger partial charge in [0.2, 0.25) is 5.91 Å². The van der Waals surface area contributed by atoms with Gasteiger partial charge >= 0.3 is 0 Å². The molecule has 140 valence electrons. The molecule has 0 saturated carbocycles. The molecule has 1 atom stereocenters. The van der Waals surface area contributed by atoms with E-state index in [1.165, 1.54) is 10.5 Å². The van der Waals surface area contributed by atoms with E-state index in [2.05, 4.69) is 49.9 Å². The first kappa shape index (κ1) is 20.3. The number of hydrogen-bond acceptors (Lipinski definition) is 4. The van der Waals surface area contributed by atoms with Crippen molar-refractivity contribution < 1.29 is 9.53 Å². The number of carbonyl (C=O) groups excluding carboxylic acids is 1. The number of rotatable bonds is 8. The van der Waals surface area contributed by atoms with Gasteiger partial charge in [0.15, 0.2) is 0 Å². The zero-order chi connectivity index (χ0) is 18.2. The standard InChI is InChI=1S/C20H32N2O2S/c1-16(2)22-11-12-24-18(15-22)14-20(23)21(4)10-5-13-25-19-8-6-17(3)7-9-19/h6-9,16,18H,5,10-15H2,1-4H3. The highest BCUT2D eigenvalue weighted by atomic mass is 32.2. The van der Waals surface area contributed by atoms with E-state index < -0.39 is 0 Å². The van der Waals surface area contributed by atoms with Crippen LogP contribution in [-0.4, -0.2) is 66.9 Å². The molecular weight excluding hydrogens is 332 g/mol. The Morgan fingerprint density at radius 2 is 2.08 bits per heavy atom. The molecule has 1 heterocycles. The van der Waals surface area contributed by atoms with Gasteiger partial charge in [-0.1, -0.05) is 17.7 Å². The Bertz CT molecular complexity index is 533. The molecule has 1 saturated heterocycles. The first-order valence-corrected chi connectivity index (χ1v) is 10.2. The van der Waals surface area contributed by atoms with Crippen LogP contribution >= 0.6 is 11.8 Å². The van der Waals surface area contributed by atoms with E-state index in [4.69, 9.17) is 4.74 Å². The fourth-order valence-electron chi connectivity index (χ4n) is 2.94. The van der Waals surface area contributed by atoms with Crippen molar-refractivity contribution in [3.63, 3.8) is 0 Å². The summed E-state index contributed by atoms with van der Waals surface area (Å²) in [6.45, 7) is 9.86. The van der Waals surface area contributed by atoms with E-state index in [1.54, 1.807) is 0 Å². The van der Waals surface area contributed by atoms with Crippen LogP contribution in [-0.2, 0) is 9.53 Å². The summed E-state index contributed by atoms with van der Waals surface area (Å²) in [6.07, 6.45) is 1.53. The van der Waals surface area contributed by atoms with Crippen molar-refractivity contribution in [1.82, 2.24) is 9.80 Å². The van der Waals surface area contributed by atoms with Gasteiger partial charge < -0.3 is 9.64 Å². The number of carbonyl (C=O) groups is 1. The Morgan fingerprint density at radius 3 is 2.76 bits per heavy atom. The van der Waals surface area contributed by atoms with Gasteiger partial charge in [0.25, 0.3) is 0 Å². The number of thioether (sulfide) groups is 1. The molecule has 1 aromatic carbocycles. The molecule has 2 rings (SSSR count). The van der Waals surface area contributed by atoms with Crippen LogP contribution in [0.5, 0.6) is 0 Å². The highest BCUT2D eigenvalue weighted by molar-refractivity contribution is 7.99. The highest BCUT2D eigenvalue weighted by Gasteiger charge is 2.25. The predicted octanol–water partition coefficient (Wildman–Crippen LogP) is 3.43. The Labute approximate surface area is 156 Å². The van der Waals surface area contributed by atoms with Crippen molar-refractivity contribution in [2.24, 2.45) is 0 Å². The van der Waals surface area contributed by atoms with Crippen molar-refractivity contribution in [2.75, 3.05) is 39.0 Å².